The first-order valence-corrected chi connectivity index (χ1v) is 8.60. The maximum absolute atomic E-state index is 5.98. The van der Waals surface area contributed by atoms with Gasteiger partial charge in [0.15, 0.2) is 11.5 Å². The minimum absolute atomic E-state index is 0. The second-order valence-corrected chi connectivity index (χ2v) is 6.34. The molecular formula is C18H28ClNO3. The zero-order valence-electron chi connectivity index (χ0n) is 14.0. The lowest BCUT2D eigenvalue weighted by Crippen LogP contribution is -2.38. The van der Waals surface area contributed by atoms with Crippen LogP contribution in [0, 0.1) is 5.92 Å². The summed E-state index contributed by atoms with van der Waals surface area (Å²) in [5, 5.41) is 0. The van der Waals surface area contributed by atoms with Gasteiger partial charge in [0.05, 0.1) is 6.61 Å². The fourth-order valence-electron chi connectivity index (χ4n) is 3.26. The van der Waals surface area contributed by atoms with Crippen molar-refractivity contribution in [2.75, 3.05) is 33.0 Å². The predicted molar refractivity (Wildman–Crippen MR) is 94.0 cm³/mol. The van der Waals surface area contributed by atoms with E-state index < -0.39 is 0 Å². The molecule has 0 amide bonds. The van der Waals surface area contributed by atoms with Crippen LogP contribution in [-0.4, -0.2) is 37.9 Å². The molecule has 0 bridgehead atoms. The molecule has 1 saturated heterocycles. The van der Waals surface area contributed by atoms with Crippen LogP contribution in [-0.2, 0) is 0 Å². The highest BCUT2D eigenvalue weighted by Gasteiger charge is 2.20. The third-order valence-corrected chi connectivity index (χ3v) is 4.51. The lowest BCUT2D eigenvalue weighted by atomic mass is 9.98. The van der Waals surface area contributed by atoms with E-state index in [-0.39, 0.29) is 12.4 Å². The standard InChI is InChI=1S/C18H27NO3.ClH/c1-2-3-4-9-19-10-5-6-15(12-19)13-20-16-7-8-17-18(11-16)22-14-21-17;/h7-8,11,15H,2-6,9-10,12-14H2,1H3;1H. The summed E-state index contributed by atoms with van der Waals surface area (Å²) in [5.41, 5.74) is 0. The Labute approximate surface area is 145 Å². The van der Waals surface area contributed by atoms with Gasteiger partial charge in [0.1, 0.15) is 5.75 Å². The Bertz CT molecular complexity index is 483. The van der Waals surface area contributed by atoms with Gasteiger partial charge in [-0.2, -0.15) is 0 Å². The van der Waals surface area contributed by atoms with Crippen molar-refractivity contribution in [1.29, 1.82) is 0 Å². The Balaban J connectivity index is 0.00000192. The van der Waals surface area contributed by atoms with Gasteiger partial charge in [0, 0.05) is 18.5 Å². The zero-order chi connectivity index (χ0) is 15.2. The molecule has 1 unspecified atom stereocenters. The molecule has 5 heteroatoms. The molecule has 1 atom stereocenters. The Morgan fingerprint density at radius 3 is 2.96 bits per heavy atom. The molecule has 0 N–H and O–H groups in total. The van der Waals surface area contributed by atoms with Crippen molar-refractivity contribution in [2.45, 2.75) is 39.0 Å². The molecule has 130 valence electrons. The average Bonchev–Trinajstić information content (AvgIpc) is 3.01. The van der Waals surface area contributed by atoms with Gasteiger partial charge < -0.3 is 19.1 Å². The number of hydrogen-bond donors (Lipinski definition) is 0. The van der Waals surface area contributed by atoms with Gasteiger partial charge in [0.2, 0.25) is 6.79 Å². The van der Waals surface area contributed by atoms with Crippen molar-refractivity contribution in [1.82, 2.24) is 4.90 Å². The topological polar surface area (TPSA) is 30.9 Å². The van der Waals surface area contributed by atoms with Gasteiger partial charge in [0.25, 0.3) is 0 Å². The molecular weight excluding hydrogens is 314 g/mol. The van der Waals surface area contributed by atoms with Crippen molar-refractivity contribution in [3.8, 4) is 17.2 Å². The third-order valence-electron chi connectivity index (χ3n) is 4.51. The number of nitrogens with zero attached hydrogens (tertiary/aromatic N) is 1. The van der Waals surface area contributed by atoms with Gasteiger partial charge in [-0.05, 0) is 44.5 Å². The largest absolute Gasteiger partial charge is 0.493 e. The summed E-state index contributed by atoms with van der Waals surface area (Å²) in [6.07, 6.45) is 6.53. The Morgan fingerprint density at radius 1 is 1.22 bits per heavy atom. The highest BCUT2D eigenvalue weighted by atomic mass is 35.5. The second-order valence-electron chi connectivity index (χ2n) is 6.34. The molecule has 1 aromatic rings. The molecule has 0 aliphatic carbocycles. The summed E-state index contributed by atoms with van der Waals surface area (Å²) in [7, 11) is 0. The van der Waals surface area contributed by atoms with Crippen LogP contribution in [0.25, 0.3) is 0 Å². The second kappa shape index (κ2) is 9.24. The van der Waals surface area contributed by atoms with Crippen LogP contribution < -0.4 is 14.2 Å². The van der Waals surface area contributed by atoms with E-state index in [1.54, 1.807) is 0 Å². The molecule has 1 aromatic carbocycles. The molecule has 3 rings (SSSR count). The SMILES string of the molecule is CCCCCN1CCCC(COc2ccc3c(c2)OCO3)C1.Cl. The number of ether oxygens (including phenoxy) is 3. The van der Waals surface area contributed by atoms with E-state index in [2.05, 4.69) is 11.8 Å². The quantitative estimate of drug-likeness (QED) is 0.698. The molecule has 23 heavy (non-hydrogen) atoms. The van der Waals surface area contributed by atoms with Crippen LogP contribution in [0.5, 0.6) is 17.2 Å². The summed E-state index contributed by atoms with van der Waals surface area (Å²) in [6.45, 7) is 7.04. The molecule has 0 radical (unpaired) electrons. The lowest BCUT2D eigenvalue weighted by molar-refractivity contribution is 0.128. The van der Waals surface area contributed by atoms with E-state index >= 15 is 0 Å². The van der Waals surface area contributed by atoms with Crippen LogP contribution >= 0.6 is 12.4 Å². The molecule has 0 spiro atoms. The van der Waals surface area contributed by atoms with E-state index in [0.717, 1.165) is 23.9 Å². The van der Waals surface area contributed by atoms with Gasteiger partial charge in [-0.25, -0.2) is 0 Å². The van der Waals surface area contributed by atoms with E-state index in [0.29, 0.717) is 12.7 Å². The van der Waals surface area contributed by atoms with Gasteiger partial charge in [-0.1, -0.05) is 19.8 Å². The van der Waals surface area contributed by atoms with E-state index in [1.165, 1.54) is 51.7 Å². The fraction of sp³-hybridized carbons (Fsp3) is 0.667. The minimum Gasteiger partial charge on any atom is -0.493 e. The molecule has 2 aliphatic rings. The number of benzene rings is 1. The highest BCUT2D eigenvalue weighted by Crippen LogP contribution is 2.35. The van der Waals surface area contributed by atoms with Crippen molar-refractivity contribution in [3.05, 3.63) is 18.2 Å². The van der Waals surface area contributed by atoms with Crippen molar-refractivity contribution < 1.29 is 14.2 Å². The number of hydrogen-bond acceptors (Lipinski definition) is 4. The van der Waals surface area contributed by atoms with Crippen LogP contribution in [0.1, 0.15) is 39.0 Å². The number of fused-ring (bicyclic) bond motifs is 1. The molecule has 0 aromatic heterocycles. The van der Waals surface area contributed by atoms with Crippen LogP contribution in [0.4, 0.5) is 0 Å². The minimum atomic E-state index is 0. The molecule has 4 nitrogen and oxygen atoms in total. The smallest absolute Gasteiger partial charge is 0.231 e. The monoisotopic (exact) mass is 341 g/mol. The van der Waals surface area contributed by atoms with Gasteiger partial charge >= 0.3 is 0 Å². The van der Waals surface area contributed by atoms with E-state index in [1.807, 2.05) is 18.2 Å². The zero-order valence-corrected chi connectivity index (χ0v) is 14.8. The fourth-order valence-corrected chi connectivity index (χ4v) is 3.26. The lowest BCUT2D eigenvalue weighted by Gasteiger charge is -2.32. The molecule has 1 fully saturated rings. The Morgan fingerprint density at radius 2 is 2.09 bits per heavy atom. The summed E-state index contributed by atoms with van der Waals surface area (Å²) in [6, 6.07) is 5.83. The number of rotatable bonds is 7. The normalized spacial score (nSPS) is 20.1. The molecule has 0 saturated carbocycles. The first-order valence-electron chi connectivity index (χ1n) is 8.60. The van der Waals surface area contributed by atoms with Crippen LogP contribution in [0.2, 0.25) is 0 Å². The van der Waals surface area contributed by atoms with Crippen molar-refractivity contribution in [3.63, 3.8) is 0 Å². The number of unbranched alkanes of at least 4 members (excludes halogenated alkanes) is 2. The van der Waals surface area contributed by atoms with Crippen molar-refractivity contribution >= 4 is 12.4 Å². The maximum atomic E-state index is 5.98. The predicted octanol–water partition coefficient (Wildman–Crippen LogP) is 4.12. The number of piperidine rings is 1. The Hall–Kier alpha value is -1.13. The van der Waals surface area contributed by atoms with Crippen LogP contribution in [0.15, 0.2) is 18.2 Å². The van der Waals surface area contributed by atoms with Crippen molar-refractivity contribution in [2.24, 2.45) is 5.92 Å². The third kappa shape index (κ3) is 5.18. The number of likely N-dealkylation sites (tertiary alicyclic amines) is 1. The van der Waals surface area contributed by atoms with E-state index in [4.69, 9.17) is 14.2 Å². The first kappa shape index (κ1) is 18.2. The Kier molecular flexibility index (Phi) is 7.31. The van der Waals surface area contributed by atoms with Gasteiger partial charge in [-0.3, -0.25) is 0 Å². The van der Waals surface area contributed by atoms with Crippen LogP contribution in [0.3, 0.4) is 0 Å². The number of halogens is 1. The summed E-state index contributed by atoms with van der Waals surface area (Å²) < 4.78 is 16.7. The summed E-state index contributed by atoms with van der Waals surface area (Å²) in [5.74, 6) is 3.13. The average molecular weight is 342 g/mol. The highest BCUT2D eigenvalue weighted by molar-refractivity contribution is 5.85. The molecule has 2 aliphatic heterocycles. The summed E-state index contributed by atoms with van der Waals surface area (Å²) >= 11 is 0. The van der Waals surface area contributed by atoms with E-state index in [9.17, 15) is 0 Å². The maximum Gasteiger partial charge on any atom is 0.231 e. The first-order chi connectivity index (χ1) is 10.8. The molecule has 2 heterocycles. The summed E-state index contributed by atoms with van der Waals surface area (Å²) in [4.78, 5) is 2.60. The van der Waals surface area contributed by atoms with Gasteiger partial charge in [-0.15, -0.1) is 12.4 Å².